The van der Waals surface area contributed by atoms with Gasteiger partial charge in [0.1, 0.15) is 17.3 Å². The van der Waals surface area contributed by atoms with Gasteiger partial charge in [0, 0.05) is 38.6 Å². The molecule has 2 aliphatic rings. The molecule has 10 heteroatoms. The van der Waals surface area contributed by atoms with Crippen LogP contribution in [0.25, 0.3) is 0 Å². The summed E-state index contributed by atoms with van der Waals surface area (Å²) in [6.07, 6.45) is 4.58. The summed E-state index contributed by atoms with van der Waals surface area (Å²) >= 11 is 0. The second-order valence-electron chi connectivity index (χ2n) is 8.37. The SMILES string of the molecule is CN=C(NCCCCN1CCC(C(N)=O)CC1)NC1CCN(c2c(F)cccc2F)C1.I. The van der Waals surface area contributed by atoms with Crippen molar-refractivity contribution in [1.82, 2.24) is 15.5 Å². The van der Waals surface area contributed by atoms with Crippen molar-refractivity contribution in [3.8, 4) is 0 Å². The highest BCUT2D eigenvalue weighted by Crippen LogP contribution is 2.26. The van der Waals surface area contributed by atoms with Gasteiger partial charge >= 0.3 is 0 Å². The van der Waals surface area contributed by atoms with Crippen molar-refractivity contribution in [1.29, 1.82) is 0 Å². The fourth-order valence-electron chi connectivity index (χ4n) is 4.37. The zero-order valence-electron chi connectivity index (χ0n) is 18.7. The maximum atomic E-state index is 14.0. The number of aliphatic imine (C=N–C) groups is 1. The number of anilines is 1. The first-order valence-corrected chi connectivity index (χ1v) is 11.2. The largest absolute Gasteiger partial charge is 0.369 e. The van der Waals surface area contributed by atoms with E-state index in [1.54, 1.807) is 11.9 Å². The molecule has 1 aromatic carbocycles. The van der Waals surface area contributed by atoms with E-state index in [1.165, 1.54) is 18.2 Å². The second kappa shape index (κ2) is 13.1. The van der Waals surface area contributed by atoms with Crippen molar-refractivity contribution >= 4 is 41.5 Å². The molecule has 1 unspecified atom stereocenters. The number of primary amides is 1. The van der Waals surface area contributed by atoms with Crippen molar-refractivity contribution in [2.45, 2.75) is 38.1 Å². The molecule has 2 heterocycles. The van der Waals surface area contributed by atoms with Gasteiger partial charge < -0.3 is 26.2 Å². The number of unbranched alkanes of at least 4 members (excludes halogenated alkanes) is 1. The molecule has 3 rings (SSSR count). The third-order valence-electron chi connectivity index (χ3n) is 6.19. The van der Waals surface area contributed by atoms with Gasteiger partial charge in [-0.2, -0.15) is 0 Å². The molecule has 1 atom stereocenters. The molecule has 180 valence electrons. The molecule has 0 bridgehead atoms. The van der Waals surface area contributed by atoms with E-state index in [1.807, 2.05) is 0 Å². The van der Waals surface area contributed by atoms with Gasteiger partial charge in [0.25, 0.3) is 0 Å². The molecule has 1 aromatic rings. The fraction of sp³-hybridized carbons (Fsp3) is 0.636. The Morgan fingerprint density at radius 2 is 1.84 bits per heavy atom. The molecule has 2 aliphatic heterocycles. The second-order valence-corrected chi connectivity index (χ2v) is 8.37. The van der Waals surface area contributed by atoms with Crippen molar-refractivity contribution < 1.29 is 13.6 Å². The van der Waals surface area contributed by atoms with Crippen LogP contribution in [0.15, 0.2) is 23.2 Å². The van der Waals surface area contributed by atoms with Crippen LogP contribution in [0.3, 0.4) is 0 Å². The van der Waals surface area contributed by atoms with E-state index in [9.17, 15) is 13.6 Å². The normalized spacial score (nSPS) is 20.2. The van der Waals surface area contributed by atoms with Gasteiger partial charge in [0.15, 0.2) is 5.96 Å². The van der Waals surface area contributed by atoms with Crippen molar-refractivity contribution in [2.24, 2.45) is 16.6 Å². The highest BCUT2D eigenvalue weighted by atomic mass is 127. The number of guanidine groups is 1. The van der Waals surface area contributed by atoms with Crippen LogP contribution in [0, 0.1) is 17.6 Å². The van der Waals surface area contributed by atoms with Crippen LogP contribution in [0.1, 0.15) is 32.1 Å². The molecular weight excluding hydrogens is 529 g/mol. The number of carbonyl (C=O) groups is 1. The number of carbonyl (C=O) groups excluding carboxylic acids is 1. The summed E-state index contributed by atoms with van der Waals surface area (Å²) < 4.78 is 28.0. The number of nitrogens with one attached hydrogen (secondary N) is 2. The number of hydrogen-bond acceptors (Lipinski definition) is 4. The van der Waals surface area contributed by atoms with Crippen LogP contribution in [0.5, 0.6) is 0 Å². The molecule has 32 heavy (non-hydrogen) atoms. The van der Waals surface area contributed by atoms with Crippen molar-refractivity contribution in [3.05, 3.63) is 29.8 Å². The third kappa shape index (κ3) is 7.43. The van der Waals surface area contributed by atoms with Gasteiger partial charge in [-0.1, -0.05) is 6.07 Å². The predicted molar refractivity (Wildman–Crippen MR) is 134 cm³/mol. The van der Waals surface area contributed by atoms with Gasteiger partial charge in [0.05, 0.1) is 0 Å². The topological polar surface area (TPSA) is 86.0 Å². The summed E-state index contributed by atoms with van der Waals surface area (Å²) in [6, 6.07) is 4.05. The number of halogens is 3. The lowest BCUT2D eigenvalue weighted by Crippen LogP contribution is -2.45. The van der Waals surface area contributed by atoms with E-state index in [4.69, 9.17) is 5.73 Å². The molecule has 0 saturated carbocycles. The molecule has 2 saturated heterocycles. The molecule has 0 spiro atoms. The van der Waals surface area contributed by atoms with Gasteiger partial charge in [-0.3, -0.25) is 9.79 Å². The van der Waals surface area contributed by atoms with Crippen LogP contribution >= 0.6 is 24.0 Å². The lowest BCUT2D eigenvalue weighted by Gasteiger charge is -2.30. The lowest BCUT2D eigenvalue weighted by atomic mass is 9.96. The quantitative estimate of drug-likeness (QED) is 0.195. The predicted octanol–water partition coefficient (Wildman–Crippen LogP) is 2.30. The maximum Gasteiger partial charge on any atom is 0.220 e. The maximum absolute atomic E-state index is 14.0. The van der Waals surface area contributed by atoms with Crippen molar-refractivity contribution in [2.75, 3.05) is 51.2 Å². The first-order chi connectivity index (χ1) is 15.0. The van der Waals surface area contributed by atoms with Gasteiger partial charge in [-0.15, -0.1) is 24.0 Å². The molecule has 7 nitrogen and oxygen atoms in total. The minimum atomic E-state index is -0.526. The zero-order valence-corrected chi connectivity index (χ0v) is 21.0. The zero-order chi connectivity index (χ0) is 22.2. The average Bonchev–Trinajstić information content (AvgIpc) is 3.20. The molecule has 2 fully saturated rings. The van der Waals surface area contributed by atoms with Crippen LogP contribution in [-0.2, 0) is 4.79 Å². The van der Waals surface area contributed by atoms with Crippen LogP contribution in [-0.4, -0.2) is 69.1 Å². The number of hydrogen-bond donors (Lipinski definition) is 3. The molecule has 4 N–H and O–H groups in total. The monoisotopic (exact) mass is 564 g/mol. The Morgan fingerprint density at radius 1 is 1.16 bits per heavy atom. The standard InChI is InChI=1S/C22H34F2N6O.HI/c1-26-22(27-10-2-3-11-29-12-7-16(8-13-29)21(25)31)28-17-9-14-30(15-17)20-18(23)5-4-6-19(20)24;/h4-6,16-17H,2-3,7-15H2,1H3,(H2,25,31)(H2,26,27,28);1H. The van der Waals surface area contributed by atoms with E-state index < -0.39 is 11.6 Å². The Morgan fingerprint density at radius 3 is 2.47 bits per heavy atom. The Kier molecular flexibility index (Phi) is 10.9. The molecular formula is C22H35F2IN6O. The summed E-state index contributed by atoms with van der Waals surface area (Å²) in [7, 11) is 1.72. The van der Waals surface area contributed by atoms with E-state index in [0.29, 0.717) is 19.0 Å². The first-order valence-electron chi connectivity index (χ1n) is 11.2. The molecule has 0 aliphatic carbocycles. The van der Waals surface area contributed by atoms with Crippen molar-refractivity contribution in [3.63, 3.8) is 0 Å². The van der Waals surface area contributed by atoms with E-state index >= 15 is 0 Å². The van der Waals surface area contributed by atoms with Gasteiger partial charge in [-0.25, -0.2) is 8.78 Å². The minimum absolute atomic E-state index is 0. The summed E-state index contributed by atoms with van der Waals surface area (Å²) in [5.41, 5.74) is 5.43. The lowest BCUT2D eigenvalue weighted by molar-refractivity contribution is -0.123. The summed E-state index contributed by atoms with van der Waals surface area (Å²) in [5.74, 6) is -0.479. The minimum Gasteiger partial charge on any atom is -0.369 e. The average molecular weight is 564 g/mol. The summed E-state index contributed by atoms with van der Waals surface area (Å²) in [4.78, 5) is 19.6. The number of amides is 1. The summed E-state index contributed by atoms with van der Waals surface area (Å²) in [5, 5.41) is 6.68. The van der Waals surface area contributed by atoms with E-state index in [2.05, 4.69) is 20.5 Å². The molecule has 0 radical (unpaired) electrons. The highest BCUT2D eigenvalue weighted by molar-refractivity contribution is 14.0. The number of benzene rings is 1. The number of piperidine rings is 1. The Bertz CT molecular complexity index is 753. The first kappa shape index (κ1) is 26.6. The number of nitrogens with two attached hydrogens (primary N) is 1. The van der Waals surface area contributed by atoms with Gasteiger partial charge in [0.2, 0.25) is 5.91 Å². The van der Waals surface area contributed by atoms with Gasteiger partial charge in [-0.05, 0) is 63.9 Å². The summed E-state index contributed by atoms with van der Waals surface area (Å²) in [6.45, 7) is 4.82. The number of para-hydroxylation sites is 1. The fourth-order valence-corrected chi connectivity index (χ4v) is 4.37. The Balaban J connectivity index is 0.00000363. The molecule has 1 amide bonds. The smallest absolute Gasteiger partial charge is 0.220 e. The van der Waals surface area contributed by atoms with E-state index in [-0.39, 0.29) is 47.5 Å². The number of rotatable bonds is 8. The van der Waals surface area contributed by atoms with E-state index in [0.717, 1.165) is 58.3 Å². The number of likely N-dealkylation sites (tertiary alicyclic amines) is 1. The Labute approximate surface area is 206 Å². The van der Waals surface area contributed by atoms with Crippen LogP contribution < -0.4 is 21.3 Å². The Hall–Kier alpha value is -1.69. The molecule has 0 aromatic heterocycles. The van der Waals surface area contributed by atoms with Crippen LogP contribution in [0.4, 0.5) is 14.5 Å². The van der Waals surface area contributed by atoms with Crippen LogP contribution in [0.2, 0.25) is 0 Å². The number of nitrogens with zero attached hydrogens (tertiary/aromatic N) is 3. The third-order valence-corrected chi connectivity index (χ3v) is 6.19. The highest BCUT2D eigenvalue weighted by Gasteiger charge is 2.27.